The molecule has 0 amide bonds. The van der Waals surface area contributed by atoms with Crippen LogP contribution < -0.4 is 0 Å². The Morgan fingerprint density at radius 2 is 1.63 bits per heavy atom. The van der Waals surface area contributed by atoms with Gasteiger partial charge in [-0.3, -0.25) is 14.5 Å². The molecule has 0 saturated carbocycles. The van der Waals surface area contributed by atoms with E-state index in [1.807, 2.05) is 11.7 Å². The Labute approximate surface area is 162 Å². The molecule has 0 unspecified atom stereocenters. The number of hydrogen-bond acceptors (Lipinski definition) is 5. The van der Waals surface area contributed by atoms with Gasteiger partial charge in [-0.2, -0.15) is 5.10 Å². The van der Waals surface area contributed by atoms with E-state index in [0.717, 1.165) is 50.5 Å². The van der Waals surface area contributed by atoms with Gasteiger partial charge >= 0.3 is 0 Å². The van der Waals surface area contributed by atoms with Crippen LogP contribution in [0.5, 0.6) is 0 Å². The molecule has 7 heteroatoms. The number of piperidine rings is 2. The molecular weight excluding hydrogens is 338 g/mol. The molecule has 0 atom stereocenters. The summed E-state index contributed by atoms with van der Waals surface area (Å²) in [4.78, 5) is 5.07. The summed E-state index contributed by atoms with van der Waals surface area (Å²) in [6, 6.07) is 0. The highest BCUT2D eigenvalue weighted by Gasteiger charge is 2.26. The van der Waals surface area contributed by atoms with E-state index in [9.17, 15) is 0 Å². The van der Waals surface area contributed by atoms with E-state index >= 15 is 0 Å². The molecule has 2 fully saturated rings. The van der Waals surface area contributed by atoms with Gasteiger partial charge in [-0.15, -0.1) is 10.2 Å². The highest BCUT2D eigenvalue weighted by molar-refractivity contribution is 5.15. The molecule has 0 N–H and O–H groups in total. The molecule has 2 aromatic heterocycles. The number of hydrogen-bond donors (Lipinski definition) is 0. The maximum absolute atomic E-state index is 4.59. The number of aromatic nitrogens is 5. The predicted molar refractivity (Wildman–Crippen MR) is 105 cm³/mol. The van der Waals surface area contributed by atoms with Crippen LogP contribution in [-0.4, -0.2) is 60.5 Å². The fraction of sp³-hybridized carbons (Fsp3) is 0.750. The van der Waals surface area contributed by atoms with Crippen LogP contribution in [0.2, 0.25) is 0 Å². The topological polar surface area (TPSA) is 55.0 Å². The lowest BCUT2D eigenvalue weighted by Crippen LogP contribution is -2.33. The van der Waals surface area contributed by atoms with Crippen molar-refractivity contribution in [1.29, 1.82) is 0 Å². The first-order valence-corrected chi connectivity index (χ1v) is 10.4. The van der Waals surface area contributed by atoms with Crippen molar-refractivity contribution in [3.05, 3.63) is 29.1 Å². The molecule has 0 aliphatic carbocycles. The third-order valence-corrected chi connectivity index (χ3v) is 6.27. The molecule has 27 heavy (non-hydrogen) atoms. The first-order chi connectivity index (χ1) is 13.1. The summed E-state index contributed by atoms with van der Waals surface area (Å²) in [5.41, 5.74) is 2.49. The minimum Gasteiger partial charge on any atom is -0.317 e. The molecule has 0 aromatic carbocycles. The lowest BCUT2D eigenvalue weighted by molar-refractivity contribution is 0.199. The zero-order chi connectivity index (χ0) is 18.8. The quantitative estimate of drug-likeness (QED) is 0.807. The first-order valence-electron chi connectivity index (χ1n) is 10.4. The van der Waals surface area contributed by atoms with E-state index < -0.39 is 0 Å². The first kappa shape index (κ1) is 18.6. The third kappa shape index (κ3) is 4.24. The van der Waals surface area contributed by atoms with Crippen LogP contribution in [0.15, 0.2) is 6.20 Å². The monoisotopic (exact) mass is 371 g/mol. The summed E-state index contributed by atoms with van der Waals surface area (Å²) in [6.07, 6.45) is 8.48. The molecule has 2 aromatic rings. The Balaban J connectivity index is 1.33. The highest BCUT2D eigenvalue weighted by atomic mass is 15.3. The lowest BCUT2D eigenvalue weighted by Gasteiger charge is -2.31. The van der Waals surface area contributed by atoms with Crippen LogP contribution in [-0.2, 0) is 27.2 Å². The molecule has 7 nitrogen and oxygen atoms in total. The van der Waals surface area contributed by atoms with Gasteiger partial charge in [0.1, 0.15) is 11.6 Å². The summed E-state index contributed by atoms with van der Waals surface area (Å²) < 4.78 is 4.18. The molecule has 2 aliphatic rings. The van der Waals surface area contributed by atoms with Crippen LogP contribution in [0.1, 0.15) is 60.9 Å². The van der Waals surface area contributed by atoms with Crippen molar-refractivity contribution in [3.63, 3.8) is 0 Å². The average Bonchev–Trinajstić information content (AvgIpc) is 3.18. The van der Waals surface area contributed by atoms with Gasteiger partial charge in [-0.1, -0.05) is 6.42 Å². The summed E-state index contributed by atoms with van der Waals surface area (Å²) >= 11 is 0. The second-order valence-corrected chi connectivity index (χ2v) is 8.33. The van der Waals surface area contributed by atoms with E-state index in [-0.39, 0.29) is 0 Å². The Bertz CT molecular complexity index is 748. The maximum atomic E-state index is 4.59. The van der Waals surface area contributed by atoms with E-state index in [0.29, 0.717) is 5.92 Å². The standard InChI is InChI=1S/C20H33N7/c1-16-18(13-24(2)23-16)14-27-11-7-17(8-12-27)20-22-21-19(25(20)3)15-26-9-5-4-6-10-26/h13,17H,4-12,14-15H2,1-3H3. The second-order valence-electron chi connectivity index (χ2n) is 8.33. The van der Waals surface area contributed by atoms with Gasteiger partial charge in [0.05, 0.1) is 12.2 Å². The summed E-state index contributed by atoms with van der Waals surface area (Å²) in [5.74, 6) is 2.84. The minimum absolute atomic E-state index is 0.531. The van der Waals surface area contributed by atoms with Crippen molar-refractivity contribution in [2.45, 2.75) is 58.0 Å². The Morgan fingerprint density at radius 1 is 0.926 bits per heavy atom. The summed E-state index contributed by atoms with van der Waals surface area (Å²) in [7, 11) is 4.15. The second kappa shape index (κ2) is 8.10. The highest BCUT2D eigenvalue weighted by Crippen LogP contribution is 2.28. The van der Waals surface area contributed by atoms with Crippen LogP contribution in [0.4, 0.5) is 0 Å². The Hall–Kier alpha value is -1.73. The largest absolute Gasteiger partial charge is 0.317 e. The van der Waals surface area contributed by atoms with Crippen molar-refractivity contribution in [2.75, 3.05) is 26.2 Å². The number of likely N-dealkylation sites (tertiary alicyclic amines) is 2. The van der Waals surface area contributed by atoms with Crippen molar-refractivity contribution in [2.24, 2.45) is 14.1 Å². The van der Waals surface area contributed by atoms with Gasteiger partial charge in [0.15, 0.2) is 0 Å². The minimum atomic E-state index is 0.531. The van der Waals surface area contributed by atoms with Crippen LogP contribution in [0.25, 0.3) is 0 Å². The summed E-state index contributed by atoms with van der Waals surface area (Å²) in [6.45, 7) is 8.70. The van der Waals surface area contributed by atoms with E-state index in [1.54, 1.807) is 0 Å². The van der Waals surface area contributed by atoms with Gasteiger partial charge in [-0.05, 0) is 58.8 Å². The molecule has 0 spiro atoms. The normalized spacial score (nSPS) is 20.4. The lowest BCUT2D eigenvalue weighted by atomic mass is 9.95. The van der Waals surface area contributed by atoms with Crippen LogP contribution in [0, 0.1) is 6.92 Å². The van der Waals surface area contributed by atoms with Crippen molar-refractivity contribution in [3.8, 4) is 0 Å². The van der Waals surface area contributed by atoms with Crippen molar-refractivity contribution >= 4 is 0 Å². The fourth-order valence-electron chi connectivity index (χ4n) is 4.58. The van der Waals surface area contributed by atoms with Crippen LogP contribution >= 0.6 is 0 Å². The number of rotatable bonds is 5. The number of nitrogens with zero attached hydrogens (tertiary/aromatic N) is 7. The fourth-order valence-corrected chi connectivity index (χ4v) is 4.58. The predicted octanol–water partition coefficient (Wildman–Crippen LogP) is 2.22. The molecule has 4 rings (SSSR count). The molecule has 2 aliphatic heterocycles. The number of aryl methyl sites for hydroxylation is 2. The molecule has 0 radical (unpaired) electrons. The van der Waals surface area contributed by atoms with Crippen LogP contribution in [0.3, 0.4) is 0 Å². The van der Waals surface area contributed by atoms with Gasteiger partial charge in [0, 0.05) is 38.3 Å². The van der Waals surface area contributed by atoms with Gasteiger partial charge in [0.2, 0.25) is 0 Å². The van der Waals surface area contributed by atoms with E-state index in [2.05, 4.69) is 49.8 Å². The van der Waals surface area contributed by atoms with Crippen molar-refractivity contribution in [1.82, 2.24) is 34.3 Å². The molecule has 2 saturated heterocycles. The third-order valence-electron chi connectivity index (χ3n) is 6.27. The molecule has 148 valence electrons. The summed E-state index contributed by atoms with van der Waals surface area (Å²) in [5, 5.41) is 13.6. The smallest absolute Gasteiger partial charge is 0.146 e. The zero-order valence-electron chi connectivity index (χ0n) is 17.1. The van der Waals surface area contributed by atoms with Crippen molar-refractivity contribution < 1.29 is 0 Å². The Kier molecular flexibility index (Phi) is 5.59. The zero-order valence-corrected chi connectivity index (χ0v) is 17.1. The maximum Gasteiger partial charge on any atom is 0.146 e. The van der Waals surface area contributed by atoms with Gasteiger partial charge < -0.3 is 4.57 Å². The molecule has 0 bridgehead atoms. The van der Waals surface area contributed by atoms with Gasteiger partial charge in [0.25, 0.3) is 0 Å². The SMILES string of the molecule is Cc1nn(C)cc1CN1CCC(c2nnc(CN3CCCCC3)n2C)CC1. The Morgan fingerprint density at radius 3 is 2.30 bits per heavy atom. The van der Waals surface area contributed by atoms with E-state index in [1.165, 1.54) is 43.7 Å². The van der Waals surface area contributed by atoms with Gasteiger partial charge in [-0.25, -0.2) is 0 Å². The molecule has 4 heterocycles. The van der Waals surface area contributed by atoms with E-state index in [4.69, 9.17) is 0 Å². The average molecular weight is 372 g/mol. The molecular formula is C20H33N7.